The Morgan fingerprint density at radius 2 is 1.85 bits per heavy atom. The highest BCUT2D eigenvalue weighted by Crippen LogP contribution is 2.28. The van der Waals surface area contributed by atoms with E-state index in [1.807, 2.05) is 13.0 Å². The van der Waals surface area contributed by atoms with E-state index in [2.05, 4.69) is 0 Å². The van der Waals surface area contributed by atoms with Gasteiger partial charge in [-0.3, -0.25) is 9.59 Å². The Hall–Kier alpha value is -3.41. The Morgan fingerprint density at radius 3 is 2.69 bits per heavy atom. The molecule has 0 atom stereocenters. The molecule has 1 amide bonds. The number of fused-ring (bicyclic) bond motifs is 2. The van der Waals surface area contributed by atoms with E-state index in [-0.39, 0.29) is 13.2 Å². The van der Waals surface area contributed by atoms with Crippen molar-refractivity contribution in [1.82, 2.24) is 0 Å². The number of rotatable bonds is 4. The number of benzene rings is 2. The summed E-state index contributed by atoms with van der Waals surface area (Å²) in [7, 11) is 0. The van der Waals surface area contributed by atoms with Gasteiger partial charge in [0.05, 0.1) is 17.8 Å². The lowest BCUT2D eigenvalue weighted by Crippen LogP contribution is -2.33. The maximum Gasteiger partial charge on any atom is 0.336 e. The lowest BCUT2D eigenvalue weighted by Gasteiger charge is -2.16. The molecule has 0 bridgehead atoms. The van der Waals surface area contributed by atoms with Crippen molar-refractivity contribution in [3.8, 4) is 5.75 Å². The van der Waals surface area contributed by atoms with Gasteiger partial charge < -0.3 is 14.1 Å². The number of amides is 1. The predicted molar refractivity (Wildman–Crippen MR) is 95.8 cm³/mol. The summed E-state index contributed by atoms with van der Waals surface area (Å²) >= 11 is 0. The van der Waals surface area contributed by atoms with Crippen molar-refractivity contribution in [2.45, 2.75) is 6.92 Å². The van der Waals surface area contributed by atoms with Crippen LogP contribution >= 0.6 is 0 Å². The maximum atomic E-state index is 12.1. The Balaban J connectivity index is 1.50. The number of Topliss-reactive ketones (excluding diaryl/α,β-unsaturated/α-hetero) is 1. The molecule has 1 aliphatic heterocycles. The first-order valence-electron chi connectivity index (χ1n) is 8.17. The average molecular weight is 349 g/mol. The number of ether oxygens (including phenoxy) is 1. The van der Waals surface area contributed by atoms with E-state index in [9.17, 15) is 14.4 Å². The Labute approximate surface area is 148 Å². The third-order valence-corrected chi connectivity index (χ3v) is 4.39. The second kappa shape index (κ2) is 6.15. The monoisotopic (exact) mass is 349 g/mol. The number of ketones is 1. The molecule has 2 aromatic carbocycles. The van der Waals surface area contributed by atoms with Crippen LogP contribution in [0.3, 0.4) is 0 Å². The molecule has 6 heteroatoms. The first-order valence-corrected chi connectivity index (χ1v) is 8.17. The summed E-state index contributed by atoms with van der Waals surface area (Å²) in [6, 6.07) is 13.6. The summed E-state index contributed by atoms with van der Waals surface area (Å²) in [4.78, 5) is 37.0. The summed E-state index contributed by atoms with van der Waals surface area (Å²) < 4.78 is 10.9. The Morgan fingerprint density at radius 1 is 1.04 bits per heavy atom. The number of hydrogen-bond acceptors (Lipinski definition) is 5. The topological polar surface area (TPSA) is 76.8 Å². The molecule has 3 aromatic rings. The van der Waals surface area contributed by atoms with Crippen LogP contribution in [0.25, 0.3) is 11.0 Å². The normalized spacial score (nSPS) is 13.3. The molecule has 4 rings (SSSR count). The number of carbonyl (C=O) groups is 2. The second-order valence-electron chi connectivity index (χ2n) is 6.06. The van der Waals surface area contributed by atoms with Gasteiger partial charge in [0.2, 0.25) is 0 Å². The molecule has 0 N–H and O–H groups in total. The molecule has 0 radical (unpaired) electrons. The van der Waals surface area contributed by atoms with Gasteiger partial charge in [-0.25, -0.2) is 4.79 Å². The van der Waals surface area contributed by atoms with Crippen molar-refractivity contribution in [3.63, 3.8) is 0 Å². The second-order valence-corrected chi connectivity index (χ2v) is 6.06. The Bertz CT molecular complexity index is 1100. The van der Waals surface area contributed by atoms with Gasteiger partial charge in [-0.1, -0.05) is 12.1 Å². The summed E-state index contributed by atoms with van der Waals surface area (Å²) in [6.07, 6.45) is 0. The molecule has 0 fully saturated rings. The molecule has 2 heterocycles. The van der Waals surface area contributed by atoms with Crippen molar-refractivity contribution in [2.75, 3.05) is 18.1 Å². The van der Waals surface area contributed by atoms with Crippen molar-refractivity contribution in [1.29, 1.82) is 0 Å². The summed E-state index contributed by atoms with van der Waals surface area (Å²) in [6.45, 7) is 2.29. The number of carbonyl (C=O) groups excluding carboxylic acids is 2. The minimum Gasteiger partial charge on any atom is -0.492 e. The van der Waals surface area contributed by atoms with E-state index < -0.39 is 17.3 Å². The third kappa shape index (κ3) is 2.65. The molecule has 130 valence electrons. The summed E-state index contributed by atoms with van der Waals surface area (Å²) in [5, 5.41) is 0.839. The van der Waals surface area contributed by atoms with E-state index in [4.69, 9.17) is 9.15 Å². The van der Waals surface area contributed by atoms with Gasteiger partial charge in [-0.2, -0.15) is 0 Å². The summed E-state index contributed by atoms with van der Waals surface area (Å²) in [5.74, 6) is -0.518. The van der Waals surface area contributed by atoms with E-state index >= 15 is 0 Å². The van der Waals surface area contributed by atoms with E-state index in [1.54, 1.807) is 36.4 Å². The zero-order valence-electron chi connectivity index (χ0n) is 14.0. The van der Waals surface area contributed by atoms with Crippen LogP contribution in [0.4, 0.5) is 5.69 Å². The van der Waals surface area contributed by atoms with Crippen LogP contribution in [0.2, 0.25) is 0 Å². The molecule has 1 aromatic heterocycles. The van der Waals surface area contributed by atoms with Crippen molar-refractivity contribution in [2.24, 2.45) is 0 Å². The molecular formula is C20H15NO5. The van der Waals surface area contributed by atoms with E-state index in [0.29, 0.717) is 22.6 Å². The van der Waals surface area contributed by atoms with Gasteiger partial charge in [0.15, 0.2) is 0 Å². The van der Waals surface area contributed by atoms with Crippen LogP contribution in [0.5, 0.6) is 5.75 Å². The fourth-order valence-corrected chi connectivity index (χ4v) is 3.12. The van der Waals surface area contributed by atoms with Crippen LogP contribution in [0.1, 0.15) is 15.9 Å². The highest BCUT2D eigenvalue weighted by Gasteiger charge is 2.35. The molecule has 6 nitrogen and oxygen atoms in total. The molecule has 0 unspecified atom stereocenters. The van der Waals surface area contributed by atoms with Crippen molar-refractivity contribution < 1.29 is 18.7 Å². The van der Waals surface area contributed by atoms with Gasteiger partial charge >= 0.3 is 5.63 Å². The SMILES string of the molecule is Cc1cc(=O)oc2cc(OCCN3C(=O)C(=O)c4ccccc43)ccc12. The highest BCUT2D eigenvalue weighted by atomic mass is 16.5. The first-order chi connectivity index (χ1) is 12.5. The smallest absolute Gasteiger partial charge is 0.336 e. The van der Waals surface area contributed by atoms with Crippen LogP contribution in [-0.4, -0.2) is 24.8 Å². The fraction of sp³-hybridized carbons (Fsp3) is 0.150. The maximum absolute atomic E-state index is 12.1. The minimum absolute atomic E-state index is 0.203. The zero-order valence-corrected chi connectivity index (χ0v) is 14.0. The van der Waals surface area contributed by atoms with Crippen LogP contribution in [0, 0.1) is 6.92 Å². The lowest BCUT2D eigenvalue weighted by atomic mass is 10.1. The number of nitrogens with zero attached hydrogens (tertiary/aromatic N) is 1. The molecule has 0 saturated carbocycles. The van der Waals surface area contributed by atoms with Gasteiger partial charge in [0.25, 0.3) is 11.7 Å². The third-order valence-electron chi connectivity index (χ3n) is 4.39. The molecule has 0 aliphatic carbocycles. The highest BCUT2D eigenvalue weighted by molar-refractivity contribution is 6.52. The average Bonchev–Trinajstić information content (AvgIpc) is 2.86. The van der Waals surface area contributed by atoms with Crippen LogP contribution in [0.15, 0.2) is 57.7 Å². The van der Waals surface area contributed by atoms with Crippen LogP contribution in [-0.2, 0) is 4.79 Å². The molecular weight excluding hydrogens is 334 g/mol. The standard InChI is InChI=1S/C20H15NO5/c1-12-10-18(22)26-17-11-13(6-7-14(12)17)25-9-8-21-16-5-3-2-4-15(16)19(23)20(21)24/h2-7,10-11H,8-9H2,1H3. The number of anilines is 1. The van der Waals surface area contributed by atoms with Gasteiger partial charge in [0.1, 0.15) is 17.9 Å². The molecule has 26 heavy (non-hydrogen) atoms. The van der Waals surface area contributed by atoms with E-state index in [0.717, 1.165) is 10.9 Å². The lowest BCUT2D eigenvalue weighted by molar-refractivity contribution is -0.114. The van der Waals surface area contributed by atoms with Gasteiger partial charge in [0, 0.05) is 17.5 Å². The fourth-order valence-electron chi connectivity index (χ4n) is 3.12. The molecule has 1 aliphatic rings. The van der Waals surface area contributed by atoms with Gasteiger partial charge in [-0.15, -0.1) is 0 Å². The van der Waals surface area contributed by atoms with Gasteiger partial charge in [-0.05, 0) is 36.8 Å². The number of para-hydroxylation sites is 1. The summed E-state index contributed by atoms with van der Waals surface area (Å²) in [5.41, 5.74) is 1.89. The molecule has 0 saturated heterocycles. The van der Waals surface area contributed by atoms with E-state index in [1.165, 1.54) is 11.0 Å². The number of aryl methyl sites for hydroxylation is 1. The quantitative estimate of drug-likeness (QED) is 0.535. The van der Waals surface area contributed by atoms with Crippen molar-refractivity contribution >= 4 is 28.3 Å². The first kappa shape index (κ1) is 16.1. The zero-order chi connectivity index (χ0) is 18.3. The Kier molecular flexibility index (Phi) is 3.80. The van der Waals surface area contributed by atoms with Crippen LogP contribution < -0.4 is 15.3 Å². The molecule has 0 spiro atoms. The predicted octanol–water partition coefficient (Wildman–Crippen LogP) is 2.71. The largest absolute Gasteiger partial charge is 0.492 e. The minimum atomic E-state index is -0.546. The van der Waals surface area contributed by atoms with Crippen molar-refractivity contribution in [3.05, 3.63) is 70.1 Å². The number of hydrogen-bond donors (Lipinski definition) is 0.